The van der Waals surface area contributed by atoms with Crippen molar-refractivity contribution in [2.75, 3.05) is 13.1 Å². The van der Waals surface area contributed by atoms with E-state index in [1.165, 1.54) is 0 Å². The summed E-state index contributed by atoms with van der Waals surface area (Å²) in [6, 6.07) is -0.422. The van der Waals surface area contributed by atoms with Crippen molar-refractivity contribution in [2.24, 2.45) is 23.7 Å². The molecule has 0 aliphatic carbocycles. The van der Waals surface area contributed by atoms with Crippen LogP contribution in [0.25, 0.3) is 0 Å². The van der Waals surface area contributed by atoms with Gasteiger partial charge in [0.15, 0.2) is 0 Å². The van der Waals surface area contributed by atoms with Crippen LogP contribution in [0.1, 0.15) is 53.4 Å². The summed E-state index contributed by atoms with van der Waals surface area (Å²) < 4.78 is 0. The molecule has 2 amide bonds. The van der Waals surface area contributed by atoms with E-state index in [2.05, 4.69) is 10.6 Å². The predicted octanol–water partition coefficient (Wildman–Crippen LogP) is -6.10. The Balaban J connectivity index is -0.00000264. The number of aliphatic carboxylic acids is 2. The molecular weight excluding hydrogens is 358 g/mol. The summed E-state index contributed by atoms with van der Waals surface area (Å²) in [6.45, 7) is 8.43. The van der Waals surface area contributed by atoms with Crippen LogP contribution < -0.4 is 80.0 Å². The SMILES string of the molecule is CC(C)CC(CNC(=O)NCC(CC(=O)[O-])CC(C)C)CC(=O)[O-].[Na+].[Na+]. The Labute approximate surface area is 201 Å². The molecule has 0 heterocycles. The van der Waals surface area contributed by atoms with E-state index < -0.39 is 18.0 Å². The molecule has 0 rings (SSSR count). The fourth-order valence-electron chi connectivity index (χ4n) is 2.82. The quantitative estimate of drug-likeness (QED) is 0.322. The second-order valence-corrected chi connectivity index (χ2v) is 7.23. The maximum Gasteiger partial charge on any atom is 1.00 e. The standard InChI is InChI=1S/C17H32N2O5.2Na/c1-11(2)5-13(7-15(20)21)9-18-17(24)19-10-14(6-12(3)4)8-16(22)23;;/h11-14H,5-10H2,1-4H3,(H,20,21)(H,22,23)(H2,18,19,24);;/q;2*+1/p-2. The van der Waals surface area contributed by atoms with Crippen LogP contribution in [-0.2, 0) is 9.59 Å². The van der Waals surface area contributed by atoms with Crippen molar-refractivity contribution in [3.8, 4) is 0 Å². The van der Waals surface area contributed by atoms with E-state index in [4.69, 9.17) is 0 Å². The first-order valence-electron chi connectivity index (χ1n) is 8.51. The second kappa shape index (κ2) is 17.3. The number of urea groups is 1. The molecule has 0 radical (unpaired) electrons. The van der Waals surface area contributed by atoms with Gasteiger partial charge in [-0.05, 0) is 49.4 Å². The molecule has 0 aromatic heterocycles. The second-order valence-electron chi connectivity index (χ2n) is 7.23. The monoisotopic (exact) mass is 388 g/mol. The van der Waals surface area contributed by atoms with Crippen LogP contribution in [0.2, 0.25) is 0 Å². The number of hydrogen-bond donors (Lipinski definition) is 2. The van der Waals surface area contributed by atoms with E-state index in [0.29, 0.717) is 24.7 Å². The Morgan fingerprint density at radius 1 is 0.731 bits per heavy atom. The summed E-state index contributed by atoms with van der Waals surface area (Å²) in [5.41, 5.74) is 0. The van der Waals surface area contributed by atoms with Gasteiger partial charge in [-0.1, -0.05) is 27.7 Å². The van der Waals surface area contributed by atoms with Crippen LogP contribution in [0.4, 0.5) is 4.79 Å². The summed E-state index contributed by atoms with van der Waals surface area (Å²) >= 11 is 0. The first-order valence-corrected chi connectivity index (χ1v) is 8.51. The van der Waals surface area contributed by atoms with Gasteiger partial charge >= 0.3 is 65.1 Å². The maximum atomic E-state index is 11.8. The molecule has 0 fully saturated rings. The van der Waals surface area contributed by atoms with E-state index in [0.717, 1.165) is 0 Å². The normalized spacial score (nSPS) is 12.5. The van der Waals surface area contributed by atoms with Gasteiger partial charge in [0.2, 0.25) is 0 Å². The van der Waals surface area contributed by atoms with Gasteiger partial charge in [-0.2, -0.15) is 0 Å². The Morgan fingerprint density at radius 2 is 1.04 bits per heavy atom. The minimum atomic E-state index is -1.13. The average Bonchev–Trinajstić information content (AvgIpc) is 2.39. The van der Waals surface area contributed by atoms with E-state index in [1.807, 2.05) is 27.7 Å². The van der Waals surface area contributed by atoms with Crippen LogP contribution in [0, 0.1) is 23.7 Å². The van der Waals surface area contributed by atoms with Crippen LogP contribution >= 0.6 is 0 Å². The van der Waals surface area contributed by atoms with E-state index in [-0.39, 0.29) is 96.9 Å². The molecule has 2 unspecified atom stereocenters. The summed E-state index contributed by atoms with van der Waals surface area (Å²) in [4.78, 5) is 33.4. The third kappa shape index (κ3) is 19.0. The summed E-state index contributed by atoms with van der Waals surface area (Å²) in [5, 5.41) is 26.8. The van der Waals surface area contributed by atoms with Crippen LogP contribution in [-0.4, -0.2) is 31.1 Å². The summed E-state index contributed by atoms with van der Waals surface area (Å²) in [7, 11) is 0. The largest absolute Gasteiger partial charge is 1.00 e. The molecule has 0 saturated carbocycles. The number of amides is 2. The molecular formula is C17H30N2Na2O5. The number of carboxylic acid groups (broad SMARTS) is 2. The number of carboxylic acids is 2. The molecule has 0 bridgehead atoms. The van der Waals surface area contributed by atoms with Gasteiger partial charge in [-0.25, -0.2) is 4.79 Å². The number of hydrogen-bond acceptors (Lipinski definition) is 5. The fraction of sp³-hybridized carbons (Fsp3) is 0.824. The molecule has 0 aliphatic rings. The summed E-state index contributed by atoms with van der Waals surface area (Å²) in [5.74, 6) is -2.00. The molecule has 0 aliphatic heterocycles. The van der Waals surface area contributed by atoms with Crippen molar-refractivity contribution in [3.05, 3.63) is 0 Å². The predicted molar refractivity (Wildman–Crippen MR) is 86.5 cm³/mol. The molecule has 2 N–H and O–H groups in total. The Morgan fingerprint density at radius 3 is 1.27 bits per heavy atom. The number of rotatable bonds is 12. The number of nitrogens with one attached hydrogen (secondary N) is 2. The van der Waals surface area contributed by atoms with Crippen molar-refractivity contribution in [2.45, 2.75) is 53.4 Å². The fourth-order valence-corrected chi connectivity index (χ4v) is 2.82. The minimum Gasteiger partial charge on any atom is -0.550 e. The summed E-state index contributed by atoms with van der Waals surface area (Å²) in [6.07, 6.45) is 1.15. The van der Waals surface area contributed by atoms with Gasteiger partial charge in [0.1, 0.15) is 0 Å². The van der Waals surface area contributed by atoms with Gasteiger partial charge < -0.3 is 30.4 Å². The zero-order valence-corrected chi connectivity index (χ0v) is 21.1. The third-order valence-corrected chi connectivity index (χ3v) is 3.62. The van der Waals surface area contributed by atoms with Crippen LogP contribution in [0.5, 0.6) is 0 Å². The van der Waals surface area contributed by atoms with Gasteiger partial charge in [0, 0.05) is 25.0 Å². The van der Waals surface area contributed by atoms with Gasteiger partial charge in [0.05, 0.1) is 0 Å². The Kier molecular flexibility index (Phi) is 20.6. The molecule has 26 heavy (non-hydrogen) atoms. The molecule has 0 aromatic rings. The number of carbonyl (C=O) groups is 3. The van der Waals surface area contributed by atoms with E-state index in [9.17, 15) is 24.6 Å². The van der Waals surface area contributed by atoms with Crippen LogP contribution in [0.3, 0.4) is 0 Å². The minimum absolute atomic E-state index is 0. The first kappa shape index (κ1) is 30.9. The molecule has 9 heteroatoms. The Hall–Kier alpha value is 0.210. The van der Waals surface area contributed by atoms with Gasteiger partial charge in [-0.15, -0.1) is 0 Å². The van der Waals surface area contributed by atoms with E-state index >= 15 is 0 Å². The smallest absolute Gasteiger partial charge is 0.550 e. The number of carbonyl (C=O) groups excluding carboxylic acids is 3. The third-order valence-electron chi connectivity index (χ3n) is 3.62. The molecule has 0 saturated heterocycles. The molecule has 140 valence electrons. The molecule has 7 nitrogen and oxygen atoms in total. The van der Waals surface area contributed by atoms with Crippen molar-refractivity contribution in [3.63, 3.8) is 0 Å². The van der Waals surface area contributed by atoms with Crippen LogP contribution in [0.15, 0.2) is 0 Å². The van der Waals surface area contributed by atoms with Gasteiger partial charge in [0.25, 0.3) is 0 Å². The zero-order chi connectivity index (χ0) is 18.7. The average molecular weight is 388 g/mol. The first-order chi connectivity index (χ1) is 11.1. The molecule has 2 atom stereocenters. The Bertz CT molecular complexity index is 384. The maximum absolute atomic E-state index is 11.8. The molecule has 0 aromatic carbocycles. The topological polar surface area (TPSA) is 121 Å². The zero-order valence-electron chi connectivity index (χ0n) is 17.1. The van der Waals surface area contributed by atoms with Crippen molar-refractivity contribution in [1.29, 1.82) is 0 Å². The van der Waals surface area contributed by atoms with Crippen molar-refractivity contribution < 1.29 is 83.7 Å². The van der Waals surface area contributed by atoms with Crippen molar-refractivity contribution in [1.82, 2.24) is 10.6 Å². The van der Waals surface area contributed by atoms with Crippen molar-refractivity contribution >= 4 is 18.0 Å². The van der Waals surface area contributed by atoms with Gasteiger partial charge in [-0.3, -0.25) is 0 Å². The molecule has 0 spiro atoms. The van der Waals surface area contributed by atoms with E-state index in [1.54, 1.807) is 0 Å².